The number of alkyl halides is 3. The van der Waals surface area contributed by atoms with Crippen LogP contribution in [0.3, 0.4) is 0 Å². The van der Waals surface area contributed by atoms with Crippen molar-refractivity contribution in [2.24, 2.45) is 5.92 Å². The van der Waals surface area contributed by atoms with Crippen LogP contribution in [0.15, 0.2) is 0 Å². The number of nitrogens with zero attached hydrogens (tertiary/aromatic N) is 1. The Kier molecular flexibility index (Phi) is 4.90. The van der Waals surface area contributed by atoms with Gasteiger partial charge in [0, 0.05) is 12.5 Å². The van der Waals surface area contributed by atoms with Crippen LogP contribution in [0.25, 0.3) is 0 Å². The Bertz CT molecular complexity index is 241. The summed E-state index contributed by atoms with van der Waals surface area (Å²) < 4.78 is 36.1. The standard InChI is InChI=1S/C13H23F3N2/c14-13(15,16)6-2-8-18-9-4-11(5-10-18)12-3-1-7-17-12/h11-12,17H,1-10H2. The lowest BCUT2D eigenvalue weighted by molar-refractivity contribution is -0.136. The molecule has 1 N–H and O–H groups in total. The van der Waals surface area contributed by atoms with Crippen LogP contribution in [0, 0.1) is 5.92 Å². The van der Waals surface area contributed by atoms with Gasteiger partial charge in [-0.2, -0.15) is 13.2 Å². The van der Waals surface area contributed by atoms with E-state index >= 15 is 0 Å². The highest BCUT2D eigenvalue weighted by Crippen LogP contribution is 2.26. The molecule has 1 unspecified atom stereocenters. The molecule has 0 aromatic heterocycles. The van der Waals surface area contributed by atoms with Gasteiger partial charge < -0.3 is 10.2 Å². The molecule has 18 heavy (non-hydrogen) atoms. The average Bonchev–Trinajstić information content (AvgIpc) is 2.82. The van der Waals surface area contributed by atoms with E-state index in [0.29, 0.717) is 12.6 Å². The third kappa shape index (κ3) is 4.43. The van der Waals surface area contributed by atoms with Crippen molar-refractivity contribution in [2.45, 2.75) is 50.7 Å². The van der Waals surface area contributed by atoms with Gasteiger partial charge in [0.1, 0.15) is 0 Å². The molecule has 0 bridgehead atoms. The van der Waals surface area contributed by atoms with Crippen LogP contribution >= 0.6 is 0 Å². The minimum Gasteiger partial charge on any atom is -0.314 e. The number of nitrogens with one attached hydrogen (secondary N) is 1. The predicted molar refractivity (Wildman–Crippen MR) is 65.5 cm³/mol. The van der Waals surface area contributed by atoms with Crippen molar-refractivity contribution in [3.63, 3.8) is 0 Å². The second kappa shape index (κ2) is 6.24. The van der Waals surface area contributed by atoms with Gasteiger partial charge in [-0.3, -0.25) is 0 Å². The topological polar surface area (TPSA) is 15.3 Å². The van der Waals surface area contributed by atoms with Crippen molar-refractivity contribution in [3.8, 4) is 0 Å². The summed E-state index contributed by atoms with van der Waals surface area (Å²) in [6, 6.07) is 0.669. The Balaban J connectivity index is 1.61. The molecular weight excluding hydrogens is 241 g/mol. The normalized spacial score (nSPS) is 27.8. The van der Waals surface area contributed by atoms with E-state index in [-0.39, 0.29) is 6.42 Å². The van der Waals surface area contributed by atoms with Crippen LogP contribution in [-0.4, -0.2) is 43.3 Å². The first-order valence-electron chi connectivity index (χ1n) is 7.07. The molecule has 0 saturated carbocycles. The van der Waals surface area contributed by atoms with Crippen LogP contribution < -0.4 is 5.32 Å². The molecule has 2 rings (SSSR count). The summed E-state index contributed by atoms with van der Waals surface area (Å²) in [7, 11) is 0. The molecule has 0 aliphatic carbocycles. The quantitative estimate of drug-likeness (QED) is 0.840. The number of likely N-dealkylation sites (tertiary alicyclic amines) is 1. The molecule has 2 aliphatic heterocycles. The predicted octanol–water partition coefficient (Wildman–Crippen LogP) is 2.79. The van der Waals surface area contributed by atoms with E-state index in [9.17, 15) is 13.2 Å². The summed E-state index contributed by atoms with van der Waals surface area (Å²) >= 11 is 0. The van der Waals surface area contributed by atoms with Crippen molar-refractivity contribution in [1.82, 2.24) is 10.2 Å². The van der Waals surface area contributed by atoms with E-state index < -0.39 is 12.6 Å². The van der Waals surface area contributed by atoms with E-state index in [1.807, 2.05) is 0 Å². The van der Waals surface area contributed by atoms with Gasteiger partial charge in [0.2, 0.25) is 0 Å². The molecule has 2 heterocycles. The van der Waals surface area contributed by atoms with Gasteiger partial charge in [0.05, 0.1) is 0 Å². The summed E-state index contributed by atoms with van der Waals surface area (Å²) in [6.07, 6.45) is 0.446. The third-order valence-corrected chi connectivity index (χ3v) is 4.23. The van der Waals surface area contributed by atoms with Crippen molar-refractivity contribution < 1.29 is 13.2 Å². The molecular formula is C13H23F3N2. The maximum atomic E-state index is 12.0. The average molecular weight is 264 g/mol. The zero-order valence-electron chi connectivity index (χ0n) is 10.8. The summed E-state index contributed by atoms with van der Waals surface area (Å²) in [5, 5.41) is 3.54. The zero-order valence-corrected chi connectivity index (χ0v) is 10.8. The number of piperidine rings is 1. The molecule has 2 nitrogen and oxygen atoms in total. The molecule has 0 aromatic carbocycles. The second-order valence-electron chi connectivity index (χ2n) is 5.60. The summed E-state index contributed by atoms with van der Waals surface area (Å²) in [4.78, 5) is 2.19. The fourth-order valence-corrected chi connectivity index (χ4v) is 3.20. The first kappa shape index (κ1) is 14.1. The van der Waals surface area contributed by atoms with Gasteiger partial charge in [-0.15, -0.1) is 0 Å². The summed E-state index contributed by atoms with van der Waals surface area (Å²) in [6.45, 7) is 3.68. The maximum absolute atomic E-state index is 12.0. The van der Waals surface area contributed by atoms with Gasteiger partial charge in [0.25, 0.3) is 0 Å². The molecule has 2 aliphatic rings. The van der Waals surface area contributed by atoms with Crippen LogP contribution in [0.2, 0.25) is 0 Å². The molecule has 0 aromatic rings. The zero-order chi connectivity index (χ0) is 13.0. The lowest BCUT2D eigenvalue weighted by Gasteiger charge is -2.34. The SMILES string of the molecule is FC(F)(F)CCCN1CCC(C2CCCN2)CC1. The number of hydrogen-bond acceptors (Lipinski definition) is 2. The maximum Gasteiger partial charge on any atom is 0.389 e. The second-order valence-corrected chi connectivity index (χ2v) is 5.60. The van der Waals surface area contributed by atoms with E-state index in [1.54, 1.807) is 0 Å². The fraction of sp³-hybridized carbons (Fsp3) is 1.00. The highest BCUT2D eigenvalue weighted by atomic mass is 19.4. The first-order valence-corrected chi connectivity index (χ1v) is 7.07. The summed E-state index contributed by atoms with van der Waals surface area (Å²) in [5.41, 5.74) is 0. The van der Waals surface area contributed by atoms with Crippen LogP contribution in [0.4, 0.5) is 13.2 Å². The third-order valence-electron chi connectivity index (χ3n) is 4.23. The highest BCUT2D eigenvalue weighted by Gasteiger charge is 2.29. The molecule has 0 amide bonds. The molecule has 2 fully saturated rings. The van der Waals surface area contributed by atoms with Crippen molar-refractivity contribution in [1.29, 1.82) is 0 Å². The van der Waals surface area contributed by atoms with Gasteiger partial charge >= 0.3 is 6.18 Å². The van der Waals surface area contributed by atoms with Gasteiger partial charge in [0.15, 0.2) is 0 Å². The molecule has 1 atom stereocenters. The fourth-order valence-electron chi connectivity index (χ4n) is 3.20. The van der Waals surface area contributed by atoms with Crippen LogP contribution in [-0.2, 0) is 0 Å². The van der Waals surface area contributed by atoms with Crippen LogP contribution in [0.1, 0.15) is 38.5 Å². The smallest absolute Gasteiger partial charge is 0.314 e. The largest absolute Gasteiger partial charge is 0.389 e. The Morgan fingerprint density at radius 3 is 2.39 bits per heavy atom. The first-order chi connectivity index (χ1) is 8.54. The van der Waals surface area contributed by atoms with Gasteiger partial charge in [-0.25, -0.2) is 0 Å². The number of rotatable bonds is 4. The molecule has 0 spiro atoms. The number of halogens is 3. The lowest BCUT2D eigenvalue weighted by Crippen LogP contribution is -2.41. The number of hydrogen-bond donors (Lipinski definition) is 1. The molecule has 106 valence electrons. The Morgan fingerprint density at radius 1 is 1.11 bits per heavy atom. The van der Waals surface area contributed by atoms with Crippen molar-refractivity contribution >= 4 is 0 Å². The van der Waals surface area contributed by atoms with E-state index in [4.69, 9.17) is 0 Å². The van der Waals surface area contributed by atoms with Crippen molar-refractivity contribution in [2.75, 3.05) is 26.2 Å². The van der Waals surface area contributed by atoms with Gasteiger partial charge in [-0.05, 0) is 64.2 Å². The lowest BCUT2D eigenvalue weighted by atomic mass is 9.88. The van der Waals surface area contributed by atoms with Gasteiger partial charge in [-0.1, -0.05) is 0 Å². The highest BCUT2D eigenvalue weighted by molar-refractivity contribution is 4.85. The Morgan fingerprint density at radius 2 is 1.83 bits per heavy atom. The molecule has 2 saturated heterocycles. The molecule has 0 radical (unpaired) electrons. The monoisotopic (exact) mass is 264 g/mol. The molecule has 5 heteroatoms. The summed E-state index contributed by atoms with van der Waals surface area (Å²) in [5.74, 6) is 0.742. The van der Waals surface area contributed by atoms with E-state index in [0.717, 1.165) is 38.4 Å². The Hall–Kier alpha value is -0.290. The van der Waals surface area contributed by atoms with E-state index in [1.165, 1.54) is 12.8 Å². The Labute approximate surface area is 107 Å². The van der Waals surface area contributed by atoms with E-state index in [2.05, 4.69) is 10.2 Å². The van der Waals surface area contributed by atoms with Crippen LogP contribution in [0.5, 0.6) is 0 Å². The van der Waals surface area contributed by atoms with Crippen molar-refractivity contribution in [3.05, 3.63) is 0 Å². The minimum atomic E-state index is -3.99. The minimum absolute atomic E-state index is 0.246.